The number of ether oxygens (including phenoxy) is 1. The van der Waals surface area contributed by atoms with Crippen molar-refractivity contribution >= 4 is 87.1 Å². The number of piperazine rings is 2. The molecule has 22 nitrogen and oxygen atoms in total. The molecule has 6 bridgehead atoms. The van der Waals surface area contributed by atoms with Gasteiger partial charge in [0.25, 0.3) is 0 Å². The van der Waals surface area contributed by atoms with Crippen molar-refractivity contribution in [3.8, 4) is 5.75 Å². The number of primary amides is 2. The van der Waals surface area contributed by atoms with Crippen molar-refractivity contribution in [1.29, 1.82) is 0 Å². The van der Waals surface area contributed by atoms with E-state index in [2.05, 4.69) is 140 Å². The number of carbonyl (C=O) groups excluding carboxylic acids is 3. The van der Waals surface area contributed by atoms with Crippen molar-refractivity contribution < 1.29 is 32.3 Å². The van der Waals surface area contributed by atoms with Crippen molar-refractivity contribution in [1.82, 2.24) is 45.0 Å². The molecule has 5 fully saturated rings. The van der Waals surface area contributed by atoms with Crippen LogP contribution in [0.2, 0.25) is 10.6 Å². The van der Waals surface area contributed by atoms with Crippen LogP contribution in [0.15, 0.2) is 116 Å². The third kappa shape index (κ3) is 15.9. The Bertz CT molecular complexity index is 3880. The number of aryl methyl sites for hydroxylation is 2. The minimum absolute atomic E-state index is 0.0113. The number of aromatic nitrogens is 6. The minimum atomic E-state index is -0.598. The van der Waals surface area contributed by atoms with Crippen LogP contribution >= 0.6 is 23.2 Å². The number of halogens is 5. The number of nitrogens with two attached hydrogens (primary N) is 3. The Kier molecular flexibility index (Phi) is 21.5. The third-order valence-electron chi connectivity index (χ3n) is 19.8. The lowest BCUT2D eigenvalue weighted by Gasteiger charge is -2.35. The van der Waals surface area contributed by atoms with Crippen LogP contribution < -0.4 is 58.3 Å². The lowest BCUT2D eigenvalue weighted by Crippen LogP contribution is -2.44. The SMILES string of the molecule is COc1ccc([C@@H](C)NC(=O)[C@H]2[C@@H](Nc3nc(Cl)ncc3F)[C@H]3C=C[C@@H]2C3)cc1.Cc1cc(N)ccc1N1CCN(C)CC1.Cc1cc(Nc2ncc(F)c(N[C@@H]3[C@H](C(N)=O)[C@@H]4C=C[C@H]3C4)n2)ccc1N1CCN(C)CC1.NC(=O)[C@H]1[C@@H](Nc2nc(Cl)ncc2F)[C@H]2C=C[C@@H]1C2. The number of allylic oxidation sites excluding steroid dienone is 3. The normalized spacial score (nSPS) is 26.0. The van der Waals surface area contributed by atoms with Gasteiger partial charge < -0.3 is 68.1 Å². The van der Waals surface area contributed by atoms with E-state index in [1.807, 2.05) is 67.6 Å². The topological polar surface area (TPSA) is 289 Å². The number of methoxy groups -OCH3 is 1. The molecule has 3 aromatic carbocycles. The van der Waals surface area contributed by atoms with Crippen LogP contribution in [0.1, 0.15) is 48.9 Å². The maximum Gasteiger partial charge on any atom is 0.229 e. The van der Waals surface area contributed by atoms with Crippen LogP contribution in [-0.2, 0) is 14.4 Å². The van der Waals surface area contributed by atoms with E-state index in [0.717, 1.165) is 118 Å². The first-order valence-electron chi connectivity index (χ1n) is 32.4. The Labute approximate surface area is 567 Å². The molecule has 3 aromatic heterocycles. The van der Waals surface area contributed by atoms with E-state index in [1.165, 1.54) is 16.9 Å². The van der Waals surface area contributed by atoms with Crippen LogP contribution in [0.4, 0.5) is 59.3 Å². The maximum absolute atomic E-state index is 14.5. The number of rotatable bonds is 16. The zero-order chi connectivity index (χ0) is 68.1. The Morgan fingerprint density at radius 2 is 0.979 bits per heavy atom. The first-order chi connectivity index (χ1) is 46.1. The molecule has 11 N–H and O–H groups in total. The molecule has 96 heavy (non-hydrogen) atoms. The number of benzene rings is 3. The molecule has 508 valence electrons. The summed E-state index contributed by atoms with van der Waals surface area (Å²) < 4.78 is 47.4. The summed E-state index contributed by atoms with van der Waals surface area (Å²) >= 11 is 11.5. The van der Waals surface area contributed by atoms with Gasteiger partial charge in [-0.15, -0.1) is 0 Å². The number of anilines is 8. The van der Waals surface area contributed by atoms with Crippen LogP contribution in [0.25, 0.3) is 0 Å². The summed E-state index contributed by atoms with van der Waals surface area (Å²) in [5.74, 6) is -1.63. The second-order valence-electron chi connectivity index (χ2n) is 26.1. The van der Waals surface area contributed by atoms with Crippen LogP contribution in [0, 0.1) is 84.6 Å². The number of nitrogens with one attached hydrogen (secondary N) is 5. The molecule has 3 saturated carbocycles. The number of hydrogen-bond donors (Lipinski definition) is 8. The first-order valence-corrected chi connectivity index (χ1v) is 33.2. The van der Waals surface area contributed by atoms with E-state index >= 15 is 0 Å². The fourth-order valence-electron chi connectivity index (χ4n) is 14.7. The van der Waals surface area contributed by atoms with Gasteiger partial charge in [0.2, 0.25) is 34.2 Å². The number of fused-ring (bicyclic) bond motifs is 6. The molecule has 13 atom stereocenters. The molecule has 6 aromatic rings. The highest BCUT2D eigenvalue weighted by atomic mass is 35.5. The lowest BCUT2D eigenvalue weighted by molar-refractivity contribution is -0.126. The van der Waals surface area contributed by atoms with Crippen LogP contribution in [0.3, 0.4) is 0 Å². The minimum Gasteiger partial charge on any atom is -0.497 e. The molecule has 3 amide bonds. The predicted octanol–water partition coefficient (Wildman–Crippen LogP) is 8.95. The third-order valence-corrected chi connectivity index (χ3v) is 20.1. The second kappa shape index (κ2) is 30.1. The standard InChI is InChI=1S/C24H30FN7O.C21H22ClFN4O2.C12H12ClFN4O.C12H19N3/c1-14-11-17(5-6-19(14)32-9-7-31(2)8-10-32)28-24-27-13-18(25)23(30-24)29-21-16-4-3-15(12-16)20(21)22(26)33;1-11(12-5-7-15(29-2)8-6-12)25-20(28)17-13-3-4-14(9-13)18(17)26-19-16(23)10-24-21(22)27-19;13-12-16-4-7(14)11(18-12)17-9-6-2-1-5(3-6)8(9)10(15)19;1-10-9-11(13)3-4-12(10)15-7-5-14(2)6-8-15/h3-6,11,13,15-16,20-21H,7-10,12H2,1-2H3,(H2,26,33)(H2,27,28,29,30);3-8,10-11,13-14,17-18H,9H2,1-2H3,(H,25,28)(H,24,26,27);1-2,4-6,8-9H,3H2,(H2,15,19)(H,16,17,18);3-4,9H,5-8,13H2,1-2H3/t15-,16+,20-,21+;11-,13-,14+,17-,18+;5-,6+,8-,9+;/m111./s1. The smallest absolute Gasteiger partial charge is 0.229 e. The summed E-state index contributed by atoms with van der Waals surface area (Å²) in [4.78, 5) is 69.6. The molecule has 0 radical (unpaired) electrons. The number of nitrogens with zero attached hydrogens (tertiary/aromatic N) is 10. The highest BCUT2D eigenvalue weighted by Gasteiger charge is 2.50. The van der Waals surface area contributed by atoms with Crippen LogP contribution in [-0.4, -0.2) is 149 Å². The van der Waals surface area contributed by atoms with Gasteiger partial charge in [-0.2, -0.15) is 15.0 Å². The van der Waals surface area contributed by atoms with Crippen molar-refractivity contribution in [3.05, 3.63) is 160 Å². The van der Waals surface area contributed by atoms with Gasteiger partial charge in [-0.3, -0.25) is 14.4 Å². The number of likely N-dealkylation sites (N-methyl/N-ethyl adjacent to an activating group) is 2. The monoisotopic (exact) mass is 1350 g/mol. The highest BCUT2D eigenvalue weighted by Crippen LogP contribution is 2.48. The molecule has 2 saturated heterocycles. The van der Waals surface area contributed by atoms with Gasteiger partial charge in [-0.25, -0.2) is 28.1 Å². The van der Waals surface area contributed by atoms with E-state index in [-0.39, 0.29) is 123 Å². The molecule has 0 spiro atoms. The molecular weight excluding hydrogens is 1270 g/mol. The van der Waals surface area contributed by atoms with Gasteiger partial charge >= 0.3 is 0 Å². The average molecular weight is 1360 g/mol. The quantitative estimate of drug-likeness (QED) is 0.0255. The Balaban J connectivity index is 0.000000136. The first kappa shape index (κ1) is 68.6. The zero-order valence-corrected chi connectivity index (χ0v) is 56.0. The maximum atomic E-state index is 14.5. The fraction of sp³-hybridized carbons (Fsp3) is 0.435. The van der Waals surface area contributed by atoms with Crippen molar-refractivity contribution in [3.63, 3.8) is 0 Å². The molecule has 27 heteroatoms. The van der Waals surface area contributed by atoms with E-state index < -0.39 is 17.5 Å². The predicted molar refractivity (Wildman–Crippen MR) is 368 cm³/mol. The Morgan fingerprint density at radius 3 is 1.43 bits per heavy atom. The molecule has 5 heterocycles. The van der Waals surface area contributed by atoms with E-state index in [9.17, 15) is 27.6 Å². The summed E-state index contributed by atoms with van der Waals surface area (Å²) in [6.07, 6.45) is 18.0. The summed E-state index contributed by atoms with van der Waals surface area (Å²) in [5.41, 5.74) is 24.5. The van der Waals surface area contributed by atoms with Crippen molar-refractivity contribution in [2.45, 2.75) is 64.2 Å². The van der Waals surface area contributed by atoms with Gasteiger partial charge in [-0.05, 0) is 178 Å². The van der Waals surface area contributed by atoms with E-state index in [1.54, 1.807) is 7.11 Å². The summed E-state index contributed by atoms with van der Waals surface area (Å²) in [6, 6.07) is 19.0. The zero-order valence-electron chi connectivity index (χ0n) is 54.5. The van der Waals surface area contributed by atoms with Crippen molar-refractivity contribution in [2.24, 2.45) is 64.7 Å². The highest BCUT2D eigenvalue weighted by molar-refractivity contribution is 6.28. The molecule has 2 aliphatic heterocycles. The summed E-state index contributed by atoms with van der Waals surface area (Å²) in [7, 11) is 5.93. The van der Waals surface area contributed by atoms with Gasteiger partial charge in [0, 0.05) is 93.2 Å². The number of nitrogen functional groups attached to an aromatic ring is 1. The molecular formula is C69H83Cl2F3N18O4. The average Bonchev–Trinajstić information content (AvgIpc) is 1.66. The lowest BCUT2D eigenvalue weighted by atomic mass is 9.87. The van der Waals surface area contributed by atoms with Gasteiger partial charge in [0.15, 0.2) is 34.9 Å². The Morgan fingerprint density at radius 1 is 0.562 bits per heavy atom. The molecule has 6 aliphatic carbocycles. The van der Waals surface area contributed by atoms with Crippen LogP contribution in [0.5, 0.6) is 5.75 Å². The summed E-state index contributed by atoms with van der Waals surface area (Å²) in [6.45, 7) is 14.8. The second-order valence-corrected chi connectivity index (χ2v) is 26.7. The number of hydrogen-bond acceptors (Lipinski definition) is 19. The van der Waals surface area contributed by atoms with Gasteiger partial charge in [0.1, 0.15) is 5.75 Å². The molecule has 14 rings (SSSR count). The van der Waals surface area contributed by atoms with Gasteiger partial charge in [-0.1, -0.05) is 48.6 Å². The summed E-state index contributed by atoms with van der Waals surface area (Å²) in [5, 5.41) is 15.4. The largest absolute Gasteiger partial charge is 0.497 e. The van der Waals surface area contributed by atoms with E-state index in [0.29, 0.717) is 5.95 Å². The number of carbonyl (C=O) groups is 3. The Hall–Kier alpha value is -8.78. The molecule has 8 aliphatic rings. The fourth-order valence-corrected chi connectivity index (χ4v) is 15.0. The van der Waals surface area contributed by atoms with Crippen molar-refractivity contribution in [2.75, 3.05) is 110 Å². The van der Waals surface area contributed by atoms with E-state index in [4.69, 9.17) is 45.1 Å². The van der Waals surface area contributed by atoms with Gasteiger partial charge in [0.05, 0.1) is 49.5 Å². The molecule has 0 unspecified atom stereocenters. The number of amides is 3.